The van der Waals surface area contributed by atoms with E-state index in [0.29, 0.717) is 11.4 Å². The first-order valence-corrected chi connectivity index (χ1v) is 6.06. The molecule has 20 heavy (non-hydrogen) atoms. The van der Waals surface area contributed by atoms with Crippen LogP contribution in [0, 0.1) is 11.8 Å². The Morgan fingerprint density at radius 3 is 2.55 bits per heavy atom. The van der Waals surface area contributed by atoms with E-state index in [-0.39, 0.29) is 0 Å². The van der Waals surface area contributed by atoms with Gasteiger partial charge in [0.1, 0.15) is 5.69 Å². The Balaban J connectivity index is 2.13. The van der Waals surface area contributed by atoms with Crippen molar-refractivity contribution in [2.45, 2.75) is 6.17 Å². The molecule has 5 nitrogen and oxygen atoms in total. The first-order valence-electron chi connectivity index (χ1n) is 6.06. The molecule has 0 spiro atoms. The monoisotopic (exact) mass is 266 g/mol. The number of nitrogens with zero attached hydrogens (tertiary/aromatic N) is 4. The lowest BCUT2D eigenvalue weighted by molar-refractivity contribution is -0.0842. The Morgan fingerprint density at radius 1 is 1.15 bits per heavy atom. The minimum Gasteiger partial charge on any atom is -0.311 e. The summed E-state index contributed by atoms with van der Waals surface area (Å²) in [7, 11) is 1.47. The van der Waals surface area contributed by atoms with Crippen LogP contribution in [0.5, 0.6) is 0 Å². The summed E-state index contributed by atoms with van der Waals surface area (Å²) in [4.78, 5) is 4.08. The average Bonchev–Trinajstić information content (AvgIpc) is 2.49. The molecule has 0 aliphatic carbocycles. The predicted octanol–water partition coefficient (Wildman–Crippen LogP) is 2.86. The molecule has 2 rings (SSSR count). The quantitative estimate of drug-likeness (QED) is 0.528. The zero-order valence-electron chi connectivity index (χ0n) is 11.0. The molecule has 0 bridgehead atoms. The van der Waals surface area contributed by atoms with Crippen molar-refractivity contribution in [3.8, 4) is 11.8 Å². The van der Waals surface area contributed by atoms with Gasteiger partial charge in [-0.15, -0.1) is 0 Å². The highest BCUT2D eigenvalue weighted by molar-refractivity contribution is 5.35. The highest BCUT2D eigenvalue weighted by Gasteiger charge is 2.07. The third kappa shape index (κ3) is 4.28. The molecule has 100 valence electrons. The fraction of sp³-hybridized carbons (Fsp3) is 0.133. The van der Waals surface area contributed by atoms with E-state index in [9.17, 15) is 5.21 Å². The third-order valence-corrected chi connectivity index (χ3v) is 2.39. The molecule has 1 atom stereocenters. The van der Waals surface area contributed by atoms with Crippen LogP contribution in [-0.4, -0.2) is 28.5 Å². The normalized spacial score (nSPS) is 12.2. The standard InChI is InChI=1S/C15H14N4O/c1-19(20)15(11-10-13-7-5-6-12-16-13)18-17-14-8-3-2-4-9-14/h2-9,12,15,20H,1H3. The lowest BCUT2D eigenvalue weighted by Gasteiger charge is -2.10. The molecular formula is C15H14N4O. The van der Waals surface area contributed by atoms with E-state index in [0.717, 1.165) is 5.06 Å². The van der Waals surface area contributed by atoms with Crippen LogP contribution in [-0.2, 0) is 0 Å². The maximum atomic E-state index is 9.52. The number of benzene rings is 1. The Kier molecular flexibility index (Phi) is 4.95. The van der Waals surface area contributed by atoms with Gasteiger partial charge in [-0.1, -0.05) is 24.3 Å². The number of rotatable bonds is 3. The summed E-state index contributed by atoms with van der Waals surface area (Å²) in [5, 5.41) is 18.5. The summed E-state index contributed by atoms with van der Waals surface area (Å²) in [6.45, 7) is 0. The van der Waals surface area contributed by atoms with Gasteiger partial charge in [-0.3, -0.25) is 0 Å². The van der Waals surface area contributed by atoms with Gasteiger partial charge in [-0.2, -0.15) is 15.3 Å². The number of hydrogen-bond acceptors (Lipinski definition) is 5. The second kappa shape index (κ2) is 7.14. The van der Waals surface area contributed by atoms with Gasteiger partial charge in [0.2, 0.25) is 6.17 Å². The fourth-order valence-electron chi connectivity index (χ4n) is 1.39. The van der Waals surface area contributed by atoms with E-state index in [2.05, 4.69) is 27.1 Å². The van der Waals surface area contributed by atoms with Gasteiger partial charge in [0.25, 0.3) is 0 Å². The number of pyridine rings is 1. The average molecular weight is 266 g/mol. The highest BCUT2D eigenvalue weighted by Crippen LogP contribution is 2.11. The number of aromatic nitrogens is 1. The largest absolute Gasteiger partial charge is 0.311 e. The molecule has 1 aromatic heterocycles. The van der Waals surface area contributed by atoms with Crippen LogP contribution >= 0.6 is 0 Å². The van der Waals surface area contributed by atoms with Crippen LogP contribution in [0.25, 0.3) is 0 Å². The summed E-state index contributed by atoms with van der Waals surface area (Å²) in [5.74, 6) is 5.65. The molecule has 0 aliphatic heterocycles. The third-order valence-electron chi connectivity index (χ3n) is 2.39. The maximum Gasteiger partial charge on any atom is 0.206 e. The topological polar surface area (TPSA) is 61.1 Å². The minimum absolute atomic E-state index is 0.620. The molecule has 0 saturated carbocycles. The van der Waals surface area contributed by atoms with E-state index >= 15 is 0 Å². The summed E-state index contributed by atoms with van der Waals surface area (Å²) < 4.78 is 0. The van der Waals surface area contributed by atoms with Crippen LogP contribution in [0.1, 0.15) is 5.69 Å². The molecule has 1 heterocycles. The molecule has 1 N–H and O–H groups in total. The fourth-order valence-corrected chi connectivity index (χ4v) is 1.39. The minimum atomic E-state index is -0.739. The molecule has 0 fully saturated rings. The van der Waals surface area contributed by atoms with Crippen molar-refractivity contribution in [1.82, 2.24) is 10.0 Å². The lowest BCUT2D eigenvalue weighted by atomic mass is 10.3. The van der Waals surface area contributed by atoms with Gasteiger partial charge in [-0.05, 0) is 36.1 Å². The van der Waals surface area contributed by atoms with Gasteiger partial charge >= 0.3 is 0 Å². The van der Waals surface area contributed by atoms with Crippen LogP contribution < -0.4 is 0 Å². The highest BCUT2D eigenvalue weighted by atomic mass is 16.5. The van der Waals surface area contributed by atoms with Gasteiger partial charge in [0, 0.05) is 13.2 Å². The van der Waals surface area contributed by atoms with Gasteiger partial charge < -0.3 is 5.21 Å². The van der Waals surface area contributed by atoms with Gasteiger partial charge in [-0.25, -0.2) is 4.98 Å². The van der Waals surface area contributed by atoms with Crippen molar-refractivity contribution in [3.63, 3.8) is 0 Å². The lowest BCUT2D eigenvalue weighted by Crippen LogP contribution is -2.24. The van der Waals surface area contributed by atoms with E-state index in [1.165, 1.54) is 7.05 Å². The first kappa shape index (κ1) is 13.9. The van der Waals surface area contributed by atoms with Crippen molar-refractivity contribution in [3.05, 3.63) is 60.4 Å². The summed E-state index contributed by atoms with van der Waals surface area (Å²) in [6, 6.07) is 14.7. The van der Waals surface area contributed by atoms with Crippen LogP contribution in [0.4, 0.5) is 5.69 Å². The summed E-state index contributed by atoms with van der Waals surface area (Å²) >= 11 is 0. The molecular weight excluding hydrogens is 252 g/mol. The second-order valence-corrected chi connectivity index (χ2v) is 3.98. The summed E-state index contributed by atoms with van der Waals surface area (Å²) in [6.07, 6.45) is 0.921. The first-order chi connectivity index (χ1) is 9.75. The van der Waals surface area contributed by atoms with Crippen molar-refractivity contribution < 1.29 is 5.21 Å². The molecule has 0 amide bonds. The smallest absolute Gasteiger partial charge is 0.206 e. The van der Waals surface area contributed by atoms with E-state index in [1.54, 1.807) is 12.3 Å². The second-order valence-electron chi connectivity index (χ2n) is 3.98. The zero-order chi connectivity index (χ0) is 14.2. The predicted molar refractivity (Wildman–Crippen MR) is 75.4 cm³/mol. The van der Waals surface area contributed by atoms with Crippen molar-refractivity contribution in [2.24, 2.45) is 10.2 Å². The maximum absolute atomic E-state index is 9.52. The molecule has 0 radical (unpaired) electrons. The number of hydroxylamine groups is 2. The molecule has 0 saturated heterocycles. The van der Waals surface area contributed by atoms with E-state index in [4.69, 9.17) is 0 Å². The SMILES string of the molecule is CN(O)C(C#Cc1ccccn1)N=Nc1ccccc1. The van der Waals surface area contributed by atoms with E-state index < -0.39 is 6.17 Å². The van der Waals surface area contributed by atoms with Crippen molar-refractivity contribution in [1.29, 1.82) is 0 Å². The molecule has 5 heteroatoms. The molecule has 1 aromatic carbocycles. The van der Waals surface area contributed by atoms with Crippen LogP contribution in [0.3, 0.4) is 0 Å². The Morgan fingerprint density at radius 2 is 1.90 bits per heavy atom. The Hall–Kier alpha value is -2.55. The Bertz CT molecular complexity index is 615. The van der Waals surface area contributed by atoms with Gasteiger partial charge in [0.15, 0.2) is 0 Å². The van der Waals surface area contributed by atoms with Crippen LogP contribution in [0.2, 0.25) is 0 Å². The van der Waals surface area contributed by atoms with Crippen molar-refractivity contribution >= 4 is 5.69 Å². The number of azo groups is 1. The van der Waals surface area contributed by atoms with Gasteiger partial charge in [0.05, 0.1) is 5.69 Å². The molecule has 0 aliphatic rings. The number of hydrogen-bond donors (Lipinski definition) is 1. The zero-order valence-corrected chi connectivity index (χ0v) is 11.0. The molecule has 2 aromatic rings. The van der Waals surface area contributed by atoms with E-state index in [1.807, 2.05) is 42.5 Å². The van der Waals surface area contributed by atoms with Crippen molar-refractivity contribution in [2.75, 3.05) is 7.05 Å². The summed E-state index contributed by atoms with van der Waals surface area (Å²) in [5.41, 5.74) is 1.33. The van der Waals surface area contributed by atoms with Crippen LogP contribution in [0.15, 0.2) is 65.0 Å². The Labute approximate surface area is 117 Å². The molecule has 1 unspecified atom stereocenters.